The zero-order chi connectivity index (χ0) is 8.78. The average Bonchev–Trinajstić information content (AvgIpc) is 2.56. The predicted octanol–water partition coefficient (Wildman–Crippen LogP) is 3.14. The van der Waals surface area contributed by atoms with Gasteiger partial charge in [-0.15, -0.1) is 0 Å². The van der Waals surface area contributed by atoms with Gasteiger partial charge in [0.15, 0.2) is 0 Å². The maximum absolute atomic E-state index is 5.82. The summed E-state index contributed by atoms with van der Waals surface area (Å²) in [4.78, 5) is 0. The van der Waals surface area contributed by atoms with Gasteiger partial charge in [-0.3, -0.25) is 0 Å². The van der Waals surface area contributed by atoms with Gasteiger partial charge in [-0.2, -0.15) is 0 Å². The normalized spacial score (nSPS) is 49.8. The summed E-state index contributed by atoms with van der Waals surface area (Å²) in [6.07, 6.45) is 11.7. The van der Waals surface area contributed by atoms with Crippen LogP contribution in [0.5, 0.6) is 0 Å². The fourth-order valence-corrected chi connectivity index (χ4v) is 4.20. The lowest BCUT2D eigenvalue weighted by Gasteiger charge is -2.51. The third kappa shape index (κ3) is 0.971. The van der Waals surface area contributed by atoms with Gasteiger partial charge in [0.2, 0.25) is 0 Å². The molecule has 74 valence electrons. The van der Waals surface area contributed by atoms with E-state index in [0.717, 1.165) is 13.2 Å². The van der Waals surface area contributed by atoms with Crippen molar-refractivity contribution >= 4 is 0 Å². The fourth-order valence-electron chi connectivity index (χ4n) is 4.20. The topological polar surface area (TPSA) is 9.23 Å². The van der Waals surface area contributed by atoms with E-state index in [1.807, 2.05) is 0 Å². The molecule has 1 nitrogen and oxygen atoms in total. The highest BCUT2D eigenvalue weighted by Gasteiger charge is 2.57. The monoisotopic (exact) mass is 180 g/mol. The highest BCUT2D eigenvalue weighted by atomic mass is 16.5. The van der Waals surface area contributed by atoms with Crippen molar-refractivity contribution in [2.75, 3.05) is 13.2 Å². The van der Waals surface area contributed by atoms with Gasteiger partial charge in [-0.05, 0) is 25.7 Å². The van der Waals surface area contributed by atoms with Crippen LogP contribution in [0.15, 0.2) is 0 Å². The molecule has 0 aromatic heterocycles. The Labute approximate surface area is 80.8 Å². The Kier molecular flexibility index (Phi) is 1.74. The molecule has 2 saturated carbocycles. The van der Waals surface area contributed by atoms with Gasteiger partial charge in [-0.25, -0.2) is 0 Å². The minimum absolute atomic E-state index is 0.642. The first kappa shape index (κ1) is 8.28. The van der Waals surface area contributed by atoms with Crippen molar-refractivity contribution in [3.63, 3.8) is 0 Å². The number of hydrogen-bond donors (Lipinski definition) is 0. The third-order valence-corrected chi connectivity index (χ3v) is 5.00. The highest BCUT2D eigenvalue weighted by molar-refractivity contribution is 5.05. The first-order chi connectivity index (χ1) is 6.37. The molecule has 0 aromatic rings. The zero-order valence-electron chi connectivity index (χ0n) is 8.48. The van der Waals surface area contributed by atoms with Gasteiger partial charge in [-0.1, -0.05) is 25.7 Å². The Bertz CT molecular complexity index is 175. The average molecular weight is 180 g/mol. The summed E-state index contributed by atoms with van der Waals surface area (Å²) >= 11 is 0. The van der Waals surface area contributed by atoms with Crippen molar-refractivity contribution in [2.45, 2.75) is 51.4 Å². The van der Waals surface area contributed by atoms with Crippen molar-refractivity contribution in [3.8, 4) is 0 Å². The number of hydrogen-bond acceptors (Lipinski definition) is 1. The Morgan fingerprint density at radius 3 is 1.38 bits per heavy atom. The molecule has 3 fully saturated rings. The zero-order valence-corrected chi connectivity index (χ0v) is 8.48. The molecule has 3 rings (SSSR count). The molecule has 0 amide bonds. The van der Waals surface area contributed by atoms with E-state index in [2.05, 4.69) is 0 Å². The molecule has 0 bridgehead atoms. The van der Waals surface area contributed by atoms with Gasteiger partial charge < -0.3 is 4.74 Å². The predicted molar refractivity (Wildman–Crippen MR) is 52.6 cm³/mol. The summed E-state index contributed by atoms with van der Waals surface area (Å²) < 4.78 is 5.82. The minimum Gasteiger partial charge on any atom is -0.380 e. The van der Waals surface area contributed by atoms with Gasteiger partial charge in [0, 0.05) is 10.8 Å². The standard InChI is InChI=1S/C12H20O/c1-2-6-12-8-4-3-7-11(12,5-1)9-13-10-12/h1-10H2. The molecular weight excluding hydrogens is 160 g/mol. The number of ether oxygens (including phenoxy) is 1. The summed E-state index contributed by atoms with van der Waals surface area (Å²) in [6, 6.07) is 0. The van der Waals surface area contributed by atoms with Crippen LogP contribution >= 0.6 is 0 Å². The van der Waals surface area contributed by atoms with Gasteiger partial charge in [0.25, 0.3) is 0 Å². The second-order valence-electron chi connectivity index (χ2n) is 5.47. The molecular formula is C12H20O. The lowest BCUT2D eigenvalue weighted by atomic mass is 9.52. The molecule has 1 heteroatoms. The van der Waals surface area contributed by atoms with E-state index < -0.39 is 0 Å². The van der Waals surface area contributed by atoms with Crippen LogP contribution in [0.1, 0.15) is 51.4 Å². The second-order valence-corrected chi connectivity index (χ2v) is 5.47. The first-order valence-corrected chi connectivity index (χ1v) is 5.95. The quantitative estimate of drug-likeness (QED) is 0.556. The Morgan fingerprint density at radius 2 is 1.00 bits per heavy atom. The van der Waals surface area contributed by atoms with E-state index in [4.69, 9.17) is 4.74 Å². The minimum atomic E-state index is 0.642. The molecule has 2 aliphatic carbocycles. The molecule has 1 aliphatic heterocycles. The van der Waals surface area contributed by atoms with Gasteiger partial charge in [0.1, 0.15) is 0 Å². The SMILES string of the molecule is C1CCC23CCCCC2(C1)COC3. The van der Waals surface area contributed by atoms with Crippen molar-refractivity contribution < 1.29 is 4.74 Å². The van der Waals surface area contributed by atoms with Crippen LogP contribution in [0.2, 0.25) is 0 Å². The summed E-state index contributed by atoms with van der Waals surface area (Å²) in [7, 11) is 0. The summed E-state index contributed by atoms with van der Waals surface area (Å²) in [5.41, 5.74) is 1.28. The summed E-state index contributed by atoms with van der Waals surface area (Å²) in [6.45, 7) is 2.18. The van der Waals surface area contributed by atoms with Crippen LogP contribution in [0, 0.1) is 10.8 Å². The van der Waals surface area contributed by atoms with Crippen molar-refractivity contribution in [1.29, 1.82) is 0 Å². The van der Waals surface area contributed by atoms with E-state index in [-0.39, 0.29) is 0 Å². The van der Waals surface area contributed by atoms with E-state index in [9.17, 15) is 0 Å². The molecule has 0 spiro atoms. The molecule has 0 aromatic carbocycles. The van der Waals surface area contributed by atoms with Crippen molar-refractivity contribution in [1.82, 2.24) is 0 Å². The molecule has 0 radical (unpaired) electrons. The van der Waals surface area contributed by atoms with E-state index in [1.165, 1.54) is 51.4 Å². The lowest BCUT2D eigenvalue weighted by Crippen LogP contribution is -2.45. The Hall–Kier alpha value is -0.0400. The number of rotatable bonds is 0. The van der Waals surface area contributed by atoms with Crippen LogP contribution in [0.25, 0.3) is 0 Å². The lowest BCUT2D eigenvalue weighted by molar-refractivity contribution is -0.00790. The van der Waals surface area contributed by atoms with Crippen LogP contribution in [-0.2, 0) is 4.74 Å². The van der Waals surface area contributed by atoms with Crippen molar-refractivity contribution in [3.05, 3.63) is 0 Å². The van der Waals surface area contributed by atoms with Gasteiger partial charge >= 0.3 is 0 Å². The Balaban J connectivity index is 1.96. The maximum Gasteiger partial charge on any atom is 0.0528 e. The van der Waals surface area contributed by atoms with Crippen LogP contribution < -0.4 is 0 Å². The summed E-state index contributed by atoms with van der Waals surface area (Å²) in [5.74, 6) is 0. The third-order valence-electron chi connectivity index (χ3n) is 5.00. The van der Waals surface area contributed by atoms with E-state index in [1.54, 1.807) is 0 Å². The fraction of sp³-hybridized carbons (Fsp3) is 1.00. The molecule has 3 aliphatic rings. The smallest absolute Gasteiger partial charge is 0.0528 e. The second kappa shape index (κ2) is 2.73. The molecule has 0 N–H and O–H groups in total. The largest absolute Gasteiger partial charge is 0.380 e. The van der Waals surface area contributed by atoms with Crippen molar-refractivity contribution in [2.24, 2.45) is 10.8 Å². The maximum atomic E-state index is 5.82. The first-order valence-electron chi connectivity index (χ1n) is 5.95. The molecule has 0 atom stereocenters. The summed E-state index contributed by atoms with van der Waals surface area (Å²) in [5, 5.41) is 0. The van der Waals surface area contributed by atoms with Crippen LogP contribution in [0.3, 0.4) is 0 Å². The van der Waals surface area contributed by atoms with Crippen LogP contribution in [0.4, 0.5) is 0 Å². The van der Waals surface area contributed by atoms with E-state index >= 15 is 0 Å². The molecule has 0 unspecified atom stereocenters. The van der Waals surface area contributed by atoms with Crippen LogP contribution in [-0.4, -0.2) is 13.2 Å². The highest BCUT2D eigenvalue weighted by Crippen LogP contribution is 2.62. The van der Waals surface area contributed by atoms with E-state index in [0.29, 0.717) is 10.8 Å². The molecule has 1 heterocycles. The van der Waals surface area contributed by atoms with Gasteiger partial charge in [0.05, 0.1) is 13.2 Å². The molecule has 13 heavy (non-hydrogen) atoms. The Morgan fingerprint density at radius 1 is 0.615 bits per heavy atom. The molecule has 1 saturated heterocycles.